The van der Waals surface area contributed by atoms with E-state index >= 15 is 0 Å². The van der Waals surface area contributed by atoms with Gasteiger partial charge in [0.15, 0.2) is 6.61 Å². The normalized spacial score (nSPS) is 14.5. The maximum Gasteiger partial charge on any atom is 0.265 e. The fourth-order valence-corrected chi connectivity index (χ4v) is 3.20. The van der Waals surface area contributed by atoms with E-state index in [1.54, 1.807) is 4.90 Å². The van der Waals surface area contributed by atoms with Gasteiger partial charge in [-0.2, -0.15) is 0 Å². The number of carbonyl (C=O) groups excluding carboxylic acids is 2. The van der Waals surface area contributed by atoms with Gasteiger partial charge in [-0.25, -0.2) is 0 Å². The first kappa shape index (κ1) is 17.5. The molecule has 0 bridgehead atoms. The fraction of sp³-hybridized carbons (Fsp3) is 0.263. The van der Waals surface area contributed by atoms with Crippen LogP contribution < -0.4 is 15.0 Å². The molecule has 1 atom stereocenters. The van der Waals surface area contributed by atoms with Gasteiger partial charge in [0.25, 0.3) is 5.91 Å². The Morgan fingerprint density at radius 1 is 1.28 bits per heavy atom. The van der Waals surface area contributed by atoms with Gasteiger partial charge in [0.05, 0.1) is 11.7 Å². The lowest BCUT2D eigenvalue weighted by Crippen LogP contribution is -2.41. The molecule has 0 radical (unpaired) electrons. The lowest BCUT2D eigenvalue weighted by molar-refractivity contribution is -0.122. The smallest absolute Gasteiger partial charge is 0.265 e. The first-order chi connectivity index (χ1) is 12.0. The van der Waals surface area contributed by atoms with Crippen LogP contribution in [0.15, 0.2) is 53.0 Å². The van der Waals surface area contributed by atoms with Gasteiger partial charge in [-0.15, -0.1) is 0 Å². The van der Waals surface area contributed by atoms with Crippen molar-refractivity contribution in [1.29, 1.82) is 0 Å². The number of rotatable bonds is 5. The number of benzene rings is 2. The van der Waals surface area contributed by atoms with Gasteiger partial charge < -0.3 is 15.0 Å². The number of ether oxygens (including phenoxy) is 1. The summed E-state index contributed by atoms with van der Waals surface area (Å²) in [5.41, 5.74) is 1.74. The minimum atomic E-state index is -0.133. The number of anilines is 1. The maximum atomic E-state index is 12.3. The molecule has 3 rings (SSSR count). The quantitative estimate of drug-likeness (QED) is 0.832. The van der Waals surface area contributed by atoms with E-state index < -0.39 is 0 Å². The zero-order valence-corrected chi connectivity index (χ0v) is 15.5. The number of para-hydroxylation sites is 2. The van der Waals surface area contributed by atoms with Crippen LogP contribution >= 0.6 is 15.9 Å². The van der Waals surface area contributed by atoms with Crippen molar-refractivity contribution in [2.24, 2.45) is 0 Å². The molecule has 1 unspecified atom stereocenters. The van der Waals surface area contributed by atoms with Crippen molar-refractivity contribution in [3.8, 4) is 5.75 Å². The van der Waals surface area contributed by atoms with Crippen LogP contribution in [0.1, 0.15) is 24.9 Å². The maximum absolute atomic E-state index is 12.3. The van der Waals surface area contributed by atoms with Crippen LogP contribution in [0.2, 0.25) is 0 Å². The van der Waals surface area contributed by atoms with Gasteiger partial charge in [-0.1, -0.05) is 40.2 Å². The summed E-state index contributed by atoms with van der Waals surface area (Å²) in [6.45, 7) is 2.28. The Balaban J connectivity index is 1.60. The highest BCUT2D eigenvalue weighted by atomic mass is 79.9. The lowest BCUT2D eigenvalue weighted by Gasteiger charge is -2.29. The van der Waals surface area contributed by atoms with Crippen molar-refractivity contribution in [3.05, 3.63) is 58.6 Å². The van der Waals surface area contributed by atoms with Gasteiger partial charge in [-0.05, 0) is 36.8 Å². The average Bonchev–Trinajstić information content (AvgIpc) is 2.61. The number of hydrogen-bond acceptors (Lipinski definition) is 3. The van der Waals surface area contributed by atoms with Crippen LogP contribution in [0.3, 0.4) is 0 Å². The monoisotopic (exact) mass is 402 g/mol. The molecular formula is C19H19BrN2O3. The van der Waals surface area contributed by atoms with Gasteiger partial charge in [-0.3, -0.25) is 9.59 Å². The van der Waals surface area contributed by atoms with E-state index in [1.807, 2.05) is 55.5 Å². The van der Waals surface area contributed by atoms with Crippen molar-refractivity contribution >= 4 is 33.4 Å². The third-order valence-electron chi connectivity index (χ3n) is 4.10. The molecule has 0 fully saturated rings. The molecule has 0 saturated heterocycles. The summed E-state index contributed by atoms with van der Waals surface area (Å²) in [6, 6.07) is 15.1. The van der Waals surface area contributed by atoms with Crippen molar-refractivity contribution in [2.75, 3.05) is 18.1 Å². The van der Waals surface area contributed by atoms with E-state index in [0.29, 0.717) is 18.0 Å². The number of halogens is 1. The molecule has 0 saturated carbocycles. The van der Waals surface area contributed by atoms with E-state index in [-0.39, 0.29) is 30.9 Å². The van der Waals surface area contributed by atoms with Crippen LogP contribution in [0.5, 0.6) is 5.75 Å². The molecule has 6 heteroatoms. The predicted octanol–water partition coefficient (Wildman–Crippen LogP) is 3.44. The number of nitrogens with one attached hydrogen (secondary N) is 1. The van der Waals surface area contributed by atoms with Crippen LogP contribution in [0, 0.1) is 0 Å². The first-order valence-corrected chi connectivity index (χ1v) is 8.91. The Kier molecular flexibility index (Phi) is 5.38. The van der Waals surface area contributed by atoms with E-state index in [4.69, 9.17) is 4.74 Å². The third kappa shape index (κ3) is 4.20. The Labute approximate surface area is 155 Å². The largest absolute Gasteiger partial charge is 0.482 e. The van der Waals surface area contributed by atoms with Gasteiger partial charge in [0, 0.05) is 17.4 Å². The number of fused-ring (bicyclic) bond motifs is 1. The molecule has 1 N–H and O–H groups in total. The van der Waals surface area contributed by atoms with Gasteiger partial charge in [0.1, 0.15) is 5.75 Å². The molecule has 2 aromatic rings. The predicted molar refractivity (Wildman–Crippen MR) is 99.6 cm³/mol. The number of amides is 2. The second-order valence-corrected chi connectivity index (χ2v) is 6.81. The van der Waals surface area contributed by atoms with E-state index in [0.717, 1.165) is 10.0 Å². The molecule has 1 aliphatic heterocycles. The summed E-state index contributed by atoms with van der Waals surface area (Å²) in [7, 11) is 0. The second kappa shape index (κ2) is 7.70. The SMILES string of the molecule is CC(NC(=O)CCN1C(=O)COc2ccccc21)c1cccc(Br)c1. The third-order valence-corrected chi connectivity index (χ3v) is 4.59. The molecular weight excluding hydrogens is 384 g/mol. The van der Waals surface area contributed by atoms with E-state index in [1.165, 1.54) is 0 Å². The Bertz CT molecular complexity index is 794. The molecule has 2 amide bonds. The molecule has 2 aromatic carbocycles. The molecule has 0 aliphatic carbocycles. The molecule has 130 valence electrons. The molecule has 1 aliphatic rings. The lowest BCUT2D eigenvalue weighted by atomic mass is 10.1. The number of carbonyl (C=O) groups is 2. The van der Waals surface area contributed by atoms with E-state index in [9.17, 15) is 9.59 Å². The number of hydrogen-bond donors (Lipinski definition) is 1. The molecule has 1 heterocycles. The zero-order valence-electron chi connectivity index (χ0n) is 13.9. The summed E-state index contributed by atoms with van der Waals surface area (Å²) in [5.74, 6) is 0.445. The Morgan fingerprint density at radius 2 is 2.08 bits per heavy atom. The van der Waals surface area contributed by atoms with Crippen LogP contribution in [-0.4, -0.2) is 25.0 Å². The summed E-state index contributed by atoms with van der Waals surface area (Å²) in [6.07, 6.45) is 0.235. The highest BCUT2D eigenvalue weighted by Crippen LogP contribution is 2.31. The van der Waals surface area contributed by atoms with Gasteiger partial charge >= 0.3 is 0 Å². The van der Waals surface area contributed by atoms with Crippen molar-refractivity contribution in [3.63, 3.8) is 0 Å². The summed E-state index contributed by atoms with van der Waals surface area (Å²) >= 11 is 3.43. The Morgan fingerprint density at radius 3 is 2.88 bits per heavy atom. The van der Waals surface area contributed by atoms with Crippen molar-refractivity contribution < 1.29 is 14.3 Å². The van der Waals surface area contributed by atoms with Crippen LogP contribution in [-0.2, 0) is 9.59 Å². The fourth-order valence-electron chi connectivity index (χ4n) is 2.79. The van der Waals surface area contributed by atoms with Crippen LogP contribution in [0.25, 0.3) is 0 Å². The topological polar surface area (TPSA) is 58.6 Å². The molecule has 0 spiro atoms. The van der Waals surface area contributed by atoms with Crippen LogP contribution in [0.4, 0.5) is 5.69 Å². The Hall–Kier alpha value is -2.34. The molecule has 5 nitrogen and oxygen atoms in total. The highest BCUT2D eigenvalue weighted by Gasteiger charge is 2.25. The number of nitrogens with zero attached hydrogens (tertiary/aromatic N) is 1. The van der Waals surface area contributed by atoms with E-state index in [2.05, 4.69) is 21.2 Å². The second-order valence-electron chi connectivity index (χ2n) is 5.90. The zero-order chi connectivity index (χ0) is 17.8. The standard InChI is InChI=1S/C19H19BrN2O3/c1-13(14-5-4-6-15(20)11-14)21-18(23)9-10-22-16-7-2-3-8-17(16)25-12-19(22)24/h2-8,11,13H,9-10,12H2,1H3,(H,21,23). The molecule has 0 aromatic heterocycles. The summed E-state index contributed by atoms with van der Waals surface area (Å²) < 4.78 is 6.38. The average molecular weight is 403 g/mol. The summed E-state index contributed by atoms with van der Waals surface area (Å²) in [4.78, 5) is 26.0. The minimum absolute atomic E-state index is 0.00702. The summed E-state index contributed by atoms with van der Waals surface area (Å²) in [5, 5.41) is 2.97. The molecule has 25 heavy (non-hydrogen) atoms. The minimum Gasteiger partial charge on any atom is -0.482 e. The highest BCUT2D eigenvalue weighted by molar-refractivity contribution is 9.10. The van der Waals surface area contributed by atoms with Gasteiger partial charge in [0.2, 0.25) is 5.91 Å². The van der Waals surface area contributed by atoms with Crippen molar-refractivity contribution in [1.82, 2.24) is 5.32 Å². The van der Waals surface area contributed by atoms with Crippen molar-refractivity contribution in [2.45, 2.75) is 19.4 Å². The first-order valence-electron chi connectivity index (χ1n) is 8.11.